The molecule has 0 spiro atoms. The van der Waals surface area contributed by atoms with E-state index < -0.39 is 10.0 Å². The molecule has 130 valence electrons. The van der Waals surface area contributed by atoms with Gasteiger partial charge in [0.25, 0.3) is 0 Å². The molecule has 0 radical (unpaired) electrons. The summed E-state index contributed by atoms with van der Waals surface area (Å²) >= 11 is 12.7. The van der Waals surface area contributed by atoms with Gasteiger partial charge in [0.15, 0.2) is 0 Å². The first kappa shape index (κ1) is 17.9. The maximum Gasteiger partial charge on any atom is 0.250 e. The van der Waals surface area contributed by atoms with E-state index in [1.807, 2.05) is 0 Å². The third-order valence-electron chi connectivity index (χ3n) is 3.80. The smallest absolute Gasteiger partial charge is 0.250 e. The van der Waals surface area contributed by atoms with Gasteiger partial charge in [-0.25, -0.2) is 18.1 Å². The molecular weight excluding hydrogens is 391 g/mol. The summed E-state index contributed by atoms with van der Waals surface area (Å²) in [5.74, 6) is 0.539. The lowest BCUT2D eigenvalue weighted by Crippen LogP contribution is -2.39. The summed E-state index contributed by atoms with van der Waals surface area (Å²) in [5, 5.41) is 0.564. The Morgan fingerprint density at radius 1 is 1.12 bits per heavy atom. The van der Waals surface area contributed by atoms with Crippen LogP contribution >= 0.6 is 34.5 Å². The standard InChI is InChI=1S/C15H16Cl2N2O3S2/c16-10-1-7-14(18-9-10)22-12-4-2-11(3-5-12)19-24(20,21)15-8-6-13(17)23-15/h1,6-9,11-12,19H,2-5H2. The van der Waals surface area contributed by atoms with Crippen LogP contribution in [-0.4, -0.2) is 25.5 Å². The number of nitrogens with one attached hydrogen (secondary N) is 1. The first-order valence-electron chi connectivity index (χ1n) is 7.48. The number of rotatable bonds is 5. The molecule has 2 aromatic heterocycles. The first-order valence-corrected chi connectivity index (χ1v) is 10.5. The SMILES string of the molecule is O=S(=O)(NC1CCC(Oc2ccc(Cl)cn2)CC1)c1ccc(Cl)s1. The minimum atomic E-state index is -3.50. The second-order valence-corrected chi connectivity index (χ2v) is 9.68. The average molecular weight is 407 g/mol. The third kappa shape index (κ3) is 4.61. The van der Waals surface area contributed by atoms with Crippen LogP contribution < -0.4 is 9.46 Å². The Labute approximate surface area is 155 Å². The summed E-state index contributed by atoms with van der Waals surface area (Å²) in [6, 6.07) is 6.49. The molecule has 0 unspecified atom stereocenters. The fourth-order valence-corrected chi connectivity index (χ4v) is 5.54. The third-order valence-corrected chi connectivity index (χ3v) is 7.26. The van der Waals surface area contributed by atoms with Gasteiger partial charge in [-0.05, 0) is 43.9 Å². The molecule has 0 aromatic carbocycles. The number of nitrogens with zero attached hydrogens (tertiary/aromatic N) is 1. The predicted octanol–water partition coefficient (Wildman–Crippen LogP) is 4.12. The zero-order valence-electron chi connectivity index (χ0n) is 12.6. The van der Waals surface area contributed by atoms with Crippen LogP contribution in [0.4, 0.5) is 0 Å². The Bertz CT molecular complexity index is 785. The second-order valence-electron chi connectivity index (χ2n) is 5.59. The van der Waals surface area contributed by atoms with Crippen LogP contribution in [0.15, 0.2) is 34.7 Å². The van der Waals surface area contributed by atoms with E-state index in [4.69, 9.17) is 27.9 Å². The molecule has 0 aliphatic heterocycles. The molecule has 1 fully saturated rings. The summed E-state index contributed by atoms with van der Waals surface area (Å²) < 4.78 is 33.9. The lowest BCUT2D eigenvalue weighted by molar-refractivity contribution is 0.138. The van der Waals surface area contributed by atoms with Crippen LogP contribution in [0.3, 0.4) is 0 Å². The lowest BCUT2D eigenvalue weighted by Gasteiger charge is -2.28. The maximum absolute atomic E-state index is 12.3. The van der Waals surface area contributed by atoms with Gasteiger partial charge in [0.1, 0.15) is 10.3 Å². The highest BCUT2D eigenvalue weighted by Gasteiger charge is 2.27. The topological polar surface area (TPSA) is 68.3 Å². The van der Waals surface area contributed by atoms with Crippen molar-refractivity contribution in [3.8, 4) is 5.88 Å². The van der Waals surface area contributed by atoms with Crippen LogP contribution in [0.1, 0.15) is 25.7 Å². The van der Waals surface area contributed by atoms with Crippen molar-refractivity contribution in [1.82, 2.24) is 9.71 Å². The minimum absolute atomic E-state index is 0.0376. The molecule has 0 saturated heterocycles. The van der Waals surface area contributed by atoms with Gasteiger partial charge in [0, 0.05) is 18.3 Å². The molecule has 1 aliphatic rings. The van der Waals surface area contributed by atoms with Crippen LogP contribution in [0.2, 0.25) is 9.36 Å². The van der Waals surface area contributed by atoms with Gasteiger partial charge in [-0.3, -0.25) is 0 Å². The van der Waals surface area contributed by atoms with Crippen molar-refractivity contribution in [3.63, 3.8) is 0 Å². The van der Waals surface area contributed by atoms with Gasteiger partial charge in [0.05, 0.1) is 9.36 Å². The van der Waals surface area contributed by atoms with Gasteiger partial charge < -0.3 is 4.74 Å². The van der Waals surface area contributed by atoms with E-state index >= 15 is 0 Å². The summed E-state index contributed by atoms with van der Waals surface area (Å²) in [7, 11) is -3.50. The number of hydrogen-bond donors (Lipinski definition) is 1. The Hall–Kier alpha value is -0.860. The van der Waals surface area contributed by atoms with Crippen molar-refractivity contribution in [1.29, 1.82) is 0 Å². The highest BCUT2D eigenvalue weighted by Crippen LogP contribution is 2.28. The van der Waals surface area contributed by atoms with E-state index in [2.05, 4.69) is 9.71 Å². The van der Waals surface area contributed by atoms with Crippen LogP contribution in [0, 0.1) is 0 Å². The van der Waals surface area contributed by atoms with E-state index in [9.17, 15) is 8.42 Å². The number of sulfonamides is 1. The molecule has 5 nitrogen and oxygen atoms in total. The van der Waals surface area contributed by atoms with Crippen LogP contribution in [0.25, 0.3) is 0 Å². The molecule has 1 saturated carbocycles. The summed E-state index contributed by atoms with van der Waals surface area (Å²) in [4.78, 5) is 4.12. The number of aromatic nitrogens is 1. The number of halogens is 2. The fourth-order valence-electron chi connectivity index (χ4n) is 2.62. The molecular formula is C15H16Cl2N2O3S2. The normalized spacial score (nSPS) is 21.6. The number of thiophene rings is 1. The van der Waals surface area contributed by atoms with Gasteiger partial charge in [-0.15, -0.1) is 11.3 Å². The molecule has 24 heavy (non-hydrogen) atoms. The largest absolute Gasteiger partial charge is 0.474 e. The van der Waals surface area contributed by atoms with Gasteiger partial charge >= 0.3 is 0 Å². The maximum atomic E-state index is 12.3. The Balaban J connectivity index is 1.52. The molecule has 2 aromatic rings. The number of ether oxygens (including phenoxy) is 1. The second kappa shape index (κ2) is 7.58. The summed E-state index contributed by atoms with van der Waals surface area (Å²) in [6.07, 6.45) is 4.55. The number of hydrogen-bond acceptors (Lipinski definition) is 5. The highest BCUT2D eigenvalue weighted by molar-refractivity contribution is 7.91. The van der Waals surface area contributed by atoms with Crippen molar-refractivity contribution in [3.05, 3.63) is 39.8 Å². The molecule has 9 heteroatoms. The Morgan fingerprint density at radius 2 is 1.88 bits per heavy atom. The lowest BCUT2D eigenvalue weighted by atomic mass is 9.94. The molecule has 2 heterocycles. The quantitative estimate of drug-likeness (QED) is 0.810. The molecule has 0 amide bonds. The predicted molar refractivity (Wildman–Crippen MR) is 95.6 cm³/mol. The van der Waals surface area contributed by atoms with Gasteiger partial charge in [-0.1, -0.05) is 23.2 Å². The minimum Gasteiger partial charge on any atom is -0.474 e. The van der Waals surface area contributed by atoms with Crippen LogP contribution in [0.5, 0.6) is 5.88 Å². The fraction of sp³-hybridized carbons (Fsp3) is 0.400. The molecule has 0 bridgehead atoms. The zero-order valence-corrected chi connectivity index (χ0v) is 15.8. The van der Waals surface area contributed by atoms with Crippen molar-refractivity contribution < 1.29 is 13.2 Å². The Morgan fingerprint density at radius 3 is 2.46 bits per heavy atom. The van der Waals surface area contributed by atoms with Crippen LogP contribution in [-0.2, 0) is 10.0 Å². The summed E-state index contributed by atoms with van der Waals surface area (Å²) in [6.45, 7) is 0. The van der Waals surface area contributed by atoms with E-state index in [1.165, 1.54) is 6.07 Å². The zero-order chi connectivity index (χ0) is 17.2. The van der Waals surface area contributed by atoms with E-state index in [-0.39, 0.29) is 16.4 Å². The first-order chi connectivity index (χ1) is 11.4. The van der Waals surface area contributed by atoms with Crippen molar-refractivity contribution in [2.75, 3.05) is 0 Å². The van der Waals surface area contributed by atoms with E-state index in [0.29, 0.717) is 15.2 Å². The summed E-state index contributed by atoms with van der Waals surface area (Å²) in [5.41, 5.74) is 0. The van der Waals surface area contributed by atoms with Gasteiger partial charge in [-0.2, -0.15) is 0 Å². The molecule has 3 rings (SSSR count). The van der Waals surface area contributed by atoms with E-state index in [0.717, 1.165) is 37.0 Å². The molecule has 1 N–H and O–H groups in total. The molecule has 1 aliphatic carbocycles. The average Bonchev–Trinajstić information content (AvgIpc) is 2.99. The monoisotopic (exact) mass is 406 g/mol. The number of pyridine rings is 1. The Kier molecular flexibility index (Phi) is 5.66. The van der Waals surface area contributed by atoms with Gasteiger partial charge in [0.2, 0.25) is 15.9 Å². The highest BCUT2D eigenvalue weighted by atomic mass is 35.5. The van der Waals surface area contributed by atoms with Crippen molar-refractivity contribution in [2.45, 2.75) is 42.0 Å². The van der Waals surface area contributed by atoms with Crippen molar-refractivity contribution in [2.24, 2.45) is 0 Å². The molecule has 0 atom stereocenters. The van der Waals surface area contributed by atoms with E-state index in [1.54, 1.807) is 24.4 Å². The van der Waals surface area contributed by atoms with Crippen molar-refractivity contribution >= 4 is 44.6 Å².